The Morgan fingerprint density at radius 2 is 1.85 bits per heavy atom. The molecule has 5 nitrogen and oxygen atoms in total. The van der Waals surface area contributed by atoms with Gasteiger partial charge in [-0.05, 0) is 38.0 Å². The Bertz CT molecular complexity index is 379. The minimum atomic E-state index is -0.861. The molecule has 0 aromatic heterocycles. The summed E-state index contributed by atoms with van der Waals surface area (Å²) < 4.78 is 0. The second-order valence-corrected chi connectivity index (χ2v) is 6.53. The summed E-state index contributed by atoms with van der Waals surface area (Å²) >= 11 is 0. The molecule has 2 amide bonds. The third-order valence-electron chi connectivity index (χ3n) is 4.64. The number of piperidine rings is 1. The minimum Gasteiger partial charge on any atom is -0.391 e. The zero-order valence-electron chi connectivity index (χ0n) is 12.6. The van der Waals surface area contributed by atoms with Gasteiger partial charge in [0.2, 0.25) is 11.8 Å². The van der Waals surface area contributed by atoms with E-state index in [1.165, 1.54) is 0 Å². The van der Waals surface area contributed by atoms with Crippen molar-refractivity contribution in [3.63, 3.8) is 0 Å². The van der Waals surface area contributed by atoms with E-state index in [0.717, 1.165) is 19.3 Å². The number of carbonyl (C=O) groups is 2. The van der Waals surface area contributed by atoms with Crippen LogP contribution in [0, 0.1) is 17.8 Å². The molecule has 2 aliphatic rings. The first kappa shape index (κ1) is 15.3. The van der Waals surface area contributed by atoms with Crippen molar-refractivity contribution in [2.24, 2.45) is 17.8 Å². The molecule has 2 fully saturated rings. The maximum absolute atomic E-state index is 12.5. The molecule has 1 saturated carbocycles. The van der Waals surface area contributed by atoms with Crippen LogP contribution in [-0.2, 0) is 9.59 Å². The van der Waals surface area contributed by atoms with Gasteiger partial charge in [0.05, 0.1) is 6.10 Å². The molecule has 4 unspecified atom stereocenters. The molecule has 0 aromatic rings. The van der Waals surface area contributed by atoms with Crippen molar-refractivity contribution < 1.29 is 14.7 Å². The van der Waals surface area contributed by atoms with Crippen LogP contribution < -0.4 is 5.32 Å². The molecule has 2 N–H and O–H groups in total. The molecule has 1 saturated heterocycles. The van der Waals surface area contributed by atoms with Crippen molar-refractivity contribution in [2.75, 3.05) is 13.1 Å². The summed E-state index contributed by atoms with van der Waals surface area (Å²) in [6, 6.07) is -0.802. The van der Waals surface area contributed by atoms with Crippen LogP contribution in [0.1, 0.15) is 40.0 Å². The Labute approximate surface area is 120 Å². The Morgan fingerprint density at radius 1 is 1.20 bits per heavy atom. The number of rotatable bonds is 4. The lowest BCUT2D eigenvalue weighted by Gasteiger charge is -2.37. The number of carbonyl (C=O) groups excluding carboxylic acids is 2. The molecule has 0 spiro atoms. The van der Waals surface area contributed by atoms with E-state index in [1.807, 2.05) is 0 Å². The van der Waals surface area contributed by atoms with Gasteiger partial charge in [0.1, 0.15) is 6.04 Å². The molecular formula is C15H26N2O3. The third-order valence-corrected chi connectivity index (χ3v) is 4.64. The highest BCUT2D eigenvalue weighted by Crippen LogP contribution is 2.29. The zero-order valence-corrected chi connectivity index (χ0v) is 12.6. The molecule has 0 aromatic carbocycles. The van der Waals surface area contributed by atoms with E-state index >= 15 is 0 Å². The molecule has 0 bridgehead atoms. The summed E-state index contributed by atoms with van der Waals surface area (Å²) in [5, 5.41) is 12.5. The summed E-state index contributed by atoms with van der Waals surface area (Å²) in [5.41, 5.74) is 0. The van der Waals surface area contributed by atoms with Crippen molar-refractivity contribution in [3.05, 3.63) is 0 Å². The predicted octanol–water partition coefficient (Wildman–Crippen LogP) is 0.766. The second kappa shape index (κ2) is 6.12. The van der Waals surface area contributed by atoms with Crippen LogP contribution in [-0.4, -0.2) is 47.1 Å². The monoisotopic (exact) mass is 282 g/mol. The summed E-state index contributed by atoms with van der Waals surface area (Å²) in [7, 11) is 0. The number of hydrogen-bond donors (Lipinski definition) is 2. The van der Waals surface area contributed by atoms with Gasteiger partial charge >= 0.3 is 0 Å². The van der Waals surface area contributed by atoms with Crippen LogP contribution in [0.3, 0.4) is 0 Å². The van der Waals surface area contributed by atoms with E-state index in [-0.39, 0.29) is 17.7 Å². The quantitative estimate of drug-likeness (QED) is 0.800. The third kappa shape index (κ3) is 3.51. The molecular weight excluding hydrogens is 256 g/mol. The maximum Gasteiger partial charge on any atom is 0.247 e. The number of aliphatic hydroxyl groups is 1. The molecule has 4 atom stereocenters. The van der Waals surface area contributed by atoms with Gasteiger partial charge in [-0.1, -0.05) is 13.8 Å². The van der Waals surface area contributed by atoms with Crippen molar-refractivity contribution in [2.45, 2.75) is 52.2 Å². The van der Waals surface area contributed by atoms with E-state index in [4.69, 9.17) is 0 Å². The summed E-state index contributed by atoms with van der Waals surface area (Å²) in [5.74, 6) is 0.881. The first-order chi connectivity index (χ1) is 9.40. The van der Waals surface area contributed by atoms with E-state index in [0.29, 0.717) is 24.9 Å². The van der Waals surface area contributed by atoms with Gasteiger partial charge in [0, 0.05) is 19.0 Å². The molecule has 0 radical (unpaired) electrons. The molecule has 2 rings (SSSR count). The largest absolute Gasteiger partial charge is 0.391 e. The molecule has 20 heavy (non-hydrogen) atoms. The Morgan fingerprint density at radius 3 is 2.35 bits per heavy atom. The average molecular weight is 282 g/mol. The summed E-state index contributed by atoms with van der Waals surface area (Å²) in [6.45, 7) is 7.33. The highest BCUT2D eigenvalue weighted by Gasteiger charge is 2.37. The topological polar surface area (TPSA) is 69.6 Å². The average Bonchev–Trinajstić information content (AvgIpc) is 3.22. The Kier molecular flexibility index (Phi) is 4.68. The highest BCUT2D eigenvalue weighted by atomic mass is 16.3. The summed E-state index contributed by atoms with van der Waals surface area (Å²) in [4.78, 5) is 26.1. The lowest BCUT2D eigenvalue weighted by atomic mass is 9.88. The van der Waals surface area contributed by atoms with Gasteiger partial charge < -0.3 is 15.3 Å². The zero-order chi connectivity index (χ0) is 14.9. The first-order valence-corrected chi connectivity index (χ1v) is 7.67. The molecule has 1 aliphatic carbocycles. The number of nitrogens with zero attached hydrogens (tertiary/aromatic N) is 1. The molecule has 5 heteroatoms. The fraction of sp³-hybridized carbons (Fsp3) is 0.867. The van der Waals surface area contributed by atoms with Crippen LogP contribution in [0.4, 0.5) is 0 Å². The van der Waals surface area contributed by atoms with Crippen LogP contribution in [0.5, 0.6) is 0 Å². The number of hydrogen-bond acceptors (Lipinski definition) is 3. The van der Waals surface area contributed by atoms with Crippen LogP contribution in [0.25, 0.3) is 0 Å². The molecule has 1 heterocycles. The number of amides is 2. The van der Waals surface area contributed by atoms with Crippen molar-refractivity contribution >= 4 is 11.8 Å². The van der Waals surface area contributed by atoms with E-state index in [1.54, 1.807) is 11.8 Å². The first-order valence-electron chi connectivity index (χ1n) is 7.67. The van der Waals surface area contributed by atoms with Crippen LogP contribution in [0.2, 0.25) is 0 Å². The number of nitrogens with one attached hydrogen (secondary N) is 1. The van der Waals surface area contributed by atoms with Gasteiger partial charge in [-0.3, -0.25) is 9.59 Å². The van der Waals surface area contributed by atoms with Gasteiger partial charge in [0.25, 0.3) is 0 Å². The molecule has 114 valence electrons. The van der Waals surface area contributed by atoms with Crippen molar-refractivity contribution in [1.82, 2.24) is 10.2 Å². The standard InChI is InChI=1S/C15H26N2O3/c1-9-6-7-17(8-10(9)2)15(20)13(11(3)18)16-14(19)12-4-5-12/h9-13,18H,4-8H2,1-3H3,(H,16,19). The SMILES string of the molecule is CC(O)C(NC(=O)C1CC1)C(=O)N1CCC(C)C(C)C1. The minimum absolute atomic E-state index is 0.0457. The predicted molar refractivity (Wildman–Crippen MR) is 75.9 cm³/mol. The van der Waals surface area contributed by atoms with Crippen molar-refractivity contribution in [3.8, 4) is 0 Å². The van der Waals surface area contributed by atoms with Gasteiger partial charge in [-0.2, -0.15) is 0 Å². The maximum atomic E-state index is 12.5. The smallest absolute Gasteiger partial charge is 0.247 e. The fourth-order valence-corrected chi connectivity index (χ4v) is 2.67. The van der Waals surface area contributed by atoms with E-state index in [2.05, 4.69) is 19.2 Å². The number of likely N-dealkylation sites (tertiary alicyclic amines) is 1. The highest BCUT2D eigenvalue weighted by molar-refractivity contribution is 5.89. The van der Waals surface area contributed by atoms with Gasteiger partial charge in [-0.25, -0.2) is 0 Å². The van der Waals surface area contributed by atoms with Gasteiger partial charge in [0.15, 0.2) is 0 Å². The normalized spacial score (nSPS) is 29.7. The lowest BCUT2D eigenvalue weighted by molar-refractivity contribution is -0.141. The van der Waals surface area contributed by atoms with E-state index in [9.17, 15) is 14.7 Å². The summed E-state index contributed by atoms with van der Waals surface area (Å²) in [6.07, 6.45) is 1.91. The van der Waals surface area contributed by atoms with E-state index < -0.39 is 12.1 Å². The van der Waals surface area contributed by atoms with Crippen LogP contribution in [0.15, 0.2) is 0 Å². The van der Waals surface area contributed by atoms with Crippen molar-refractivity contribution in [1.29, 1.82) is 0 Å². The fourth-order valence-electron chi connectivity index (χ4n) is 2.67. The van der Waals surface area contributed by atoms with Gasteiger partial charge in [-0.15, -0.1) is 0 Å². The van der Waals surface area contributed by atoms with Crippen LogP contribution >= 0.6 is 0 Å². The lowest BCUT2D eigenvalue weighted by Crippen LogP contribution is -2.56. The number of aliphatic hydroxyl groups excluding tert-OH is 1. The second-order valence-electron chi connectivity index (χ2n) is 6.53. The Hall–Kier alpha value is -1.10. The molecule has 1 aliphatic heterocycles. The Balaban J connectivity index is 1.97.